The Morgan fingerprint density at radius 2 is 1.90 bits per heavy atom. The van der Waals surface area contributed by atoms with E-state index in [2.05, 4.69) is 5.32 Å². The van der Waals surface area contributed by atoms with Crippen LogP contribution in [0.1, 0.15) is 12.6 Å². The second kappa shape index (κ2) is 6.26. The van der Waals surface area contributed by atoms with E-state index >= 15 is 0 Å². The molecule has 0 aliphatic heterocycles. The first kappa shape index (κ1) is 14.8. The molecule has 0 aliphatic rings. The van der Waals surface area contributed by atoms with Gasteiger partial charge in [-0.2, -0.15) is 13.2 Å². The molecule has 0 aliphatic carbocycles. The van der Waals surface area contributed by atoms with E-state index in [4.69, 9.17) is 0 Å². The molecule has 1 N–H and O–H groups in total. The molecule has 0 amide bonds. The number of alkyl halides is 3. The molecule has 1 heterocycles. The van der Waals surface area contributed by atoms with Crippen molar-refractivity contribution in [1.82, 2.24) is 4.57 Å². The molecule has 2 rings (SSSR count). The van der Waals surface area contributed by atoms with Gasteiger partial charge in [0.05, 0.1) is 6.54 Å². The Morgan fingerprint density at radius 3 is 2.60 bits per heavy atom. The first-order chi connectivity index (χ1) is 9.49. The standard InChI is InChI=1S/C14H15F3N2S/c1-2-19-9-5-6-11(19)10-18-12-7-3-4-8-13(12)20-14(15,16)17/h3-9,18H,2,10H2,1H3. The van der Waals surface area contributed by atoms with Crippen LogP contribution in [0.2, 0.25) is 0 Å². The molecule has 0 saturated carbocycles. The van der Waals surface area contributed by atoms with E-state index in [0.717, 1.165) is 12.2 Å². The highest BCUT2D eigenvalue weighted by molar-refractivity contribution is 8.00. The van der Waals surface area contributed by atoms with Gasteiger partial charge in [0.1, 0.15) is 0 Å². The van der Waals surface area contributed by atoms with Gasteiger partial charge in [-0.25, -0.2) is 0 Å². The highest BCUT2D eigenvalue weighted by atomic mass is 32.2. The van der Waals surface area contributed by atoms with Crippen molar-refractivity contribution in [3.8, 4) is 0 Å². The normalized spacial score (nSPS) is 11.6. The van der Waals surface area contributed by atoms with E-state index in [0.29, 0.717) is 12.2 Å². The number of rotatable bonds is 5. The minimum Gasteiger partial charge on any atom is -0.379 e. The number of anilines is 1. The highest BCUT2D eigenvalue weighted by Crippen LogP contribution is 2.40. The van der Waals surface area contributed by atoms with Crippen LogP contribution in [0.15, 0.2) is 47.5 Å². The quantitative estimate of drug-likeness (QED) is 0.804. The summed E-state index contributed by atoms with van der Waals surface area (Å²) < 4.78 is 39.5. The van der Waals surface area contributed by atoms with Crippen molar-refractivity contribution in [2.45, 2.75) is 30.4 Å². The van der Waals surface area contributed by atoms with Crippen LogP contribution in [-0.4, -0.2) is 10.1 Å². The Balaban J connectivity index is 2.10. The van der Waals surface area contributed by atoms with Gasteiger partial charge in [-0.15, -0.1) is 0 Å². The van der Waals surface area contributed by atoms with Crippen LogP contribution in [0, 0.1) is 0 Å². The second-order valence-corrected chi connectivity index (χ2v) is 5.29. The predicted molar refractivity (Wildman–Crippen MR) is 75.8 cm³/mol. The molecule has 0 fully saturated rings. The molecule has 0 radical (unpaired) electrons. The number of nitrogens with one attached hydrogen (secondary N) is 1. The van der Waals surface area contributed by atoms with Crippen LogP contribution in [0.4, 0.5) is 18.9 Å². The molecule has 1 aromatic carbocycles. The Bertz CT molecular complexity index is 564. The lowest BCUT2D eigenvalue weighted by Crippen LogP contribution is -2.07. The maximum absolute atomic E-state index is 12.5. The molecule has 2 aromatic rings. The summed E-state index contributed by atoms with van der Waals surface area (Å²) in [7, 11) is 0. The molecule has 0 bridgehead atoms. The minimum atomic E-state index is -4.28. The number of aromatic nitrogens is 1. The molecule has 2 nitrogen and oxygen atoms in total. The lowest BCUT2D eigenvalue weighted by Gasteiger charge is -2.14. The summed E-state index contributed by atoms with van der Waals surface area (Å²) in [5.41, 5.74) is -2.74. The predicted octanol–water partition coefficient (Wildman–Crippen LogP) is 4.73. The van der Waals surface area contributed by atoms with E-state index in [1.165, 1.54) is 6.07 Å². The largest absolute Gasteiger partial charge is 0.446 e. The summed E-state index contributed by atoms with van der Waals surface area (Å²) in [5.74, 6) is 0. The van der Waals surface area contributed by atoms with Crippen molar-refractivity contribution in [1.29, 1.82) is 0 Å². The molecular formula is C14H15F3N2S. The molecule has 0 spiro atoms. The van der Waals surface area contributed by atoms with Crippen LogP contribution in [0.5, 0.6) is 0 Å². The summed E-state index contributed by atoms with van der Waals surface area (Å²) in [6, 6.07) is 10.3. The van der Waals surface area contributed by atoms with Crippen LogP contribution in [0.3, 0.4) is 0 Å². The summed E-state index contributed by atoms with van der Waals surface area (Å²) >= 11 is -0.0948. The number of hydrogen-bond acceptors (Lipinski definition) is 2. The van der Waals surface area contributed by atoms with Gasteiger partial charge in [0, 0.05) is 29.0 Å². The monoisotopic (exact) mass is 300 g/mol. The van der Waals surface area contributed by atoms with Crippen molar-refractivity contribution < 1.29 is 13.2 Å². The average molecular weight is 300 g/mol. The molecule has 0 atom stereocenters. The highest BCUT2D eigenvalue weighted by Gasteiger charge is 2.30. The zero-order valence-corrected chi connectivity index (χ0v) is 11.8. The van der Waals surface area contributed by atoms with Gasteiger partial charge >= 0.3 is 5.51 Å². The number of aryl methyl sites for hydroxylation is 1. The van der Waals surface area contributed by atoms with Crippen LogP contribution in [-0.2, 0) is 13.1 Å². The molecular weight excluding hydrogens is 285 g/mol. The first-order valence-electron chi connectivity index (χ1n) is 6.22. The number of halogens is 3. The van der Waals surface area contributed by atoms with Crippen molar-refractivity contribution in [3.63, 3.8) is 0 Å². The summed E-state index contributed by atoms with van der Waals surface area (Å²) in [6.07, 6.45) is 1.95. The summed E-state index contributed by atoms with van der Waals surface area (Å²) in [4.78, 5) is 0.189. The fourth-order valence-corrected chi connectivity index (χ4v) is 2.58. The van der Waals surface area contributed by atoms with Crippen molar-refractivity contribution in [2.75, 3.05) is 5.32 Å². The van der Waals surface area contributed by atoms with Crippen LogP contribution in [0.25, 0.3) is 0 Å². The topological polar surface area (TPSA) is 17.0 Å². The lowest BCUT2D eigenvalue weighted by atomic mass is 10.3. The van der Waals surface area contributed by atoms with Crippen molar-refractivity contribution in [2.24, 2.45) is 0 Å². The van der Waals surface area contributed by atoms with Crippen LogP contribution < -0.4 is 5.32 Å². The second-order valence-electron chi connectivity index (χ2n) is 4.18. The van der Waals surface area contributed by atoms with Gasteiger partial charge in [0.25, 0.3) is 0 Å². The number of para-hydroxylation sites is 1. The molecule has 20 heavy (non-hydrogen) atoms. The molecule has 0 unspecified atom stereocenters. The van der Waals surface area contributed by atoms with Crippen molar-refractivity contribution in [3.05, 3.63) is 48.3 Å². The van der Waals surface area contributed by atoms with Gasteiger partial charge in [0.2, 0.25) is 0 Å². The van der Waals surface area contributed by atoms with Gasteiger partial charge < -0.3 is 9.88 Å². The van der Waals surface area contributed by atoms with E-state index in [1.807, 2.05) is 29.8 Å². The summed E-state index contributed by atoms with van der Waals surface area (Å²) in [6.45, 7) is 3.36. The van der Waals surface area contributed by atoms with Gasteiger partial charge in [0.15, 0.2) is 0 Å². The Hall–Kier alpha value is -1.56. The van der Waals surface area contributed by atoms with E-state index < -0.39 is 5.51 Å². The third-order valence-corrected chi connectivity index (χ3v) is 3.64. The molecule has 1 aromatic heterocycles. The summed E-state index contributed by atoms with van der Waals surface area (Å²) in [5, 5.41) is 3.07. The number of nitrogens with zero attached hydrogens (tertiary/aromatic N) is 1. The van der Waals surface area contributed by atoms with E-state index in [1.54, 1.807) is 18.2 Å². The fraction of sp³-hybridized carbons (Fsp3) is 0.286. The minimum absolute atomic E-state index is 0.0948. The lowest BCUT2D eigenvalue weighted by molar-refractivity contribution is -0.0327. The zero-order chi connectivity index (χ0) is 14.6. The average Bonchev–Trinajstić information content (AvgIpc) is 2.83. The number of thioether (sulfide) groups is 1. The van der Waals surface area contributed by atoms with Gasteiger partial charge in [-0.1, -0.05) is 12.1 Å². The SMILES string of the molecule is CCn1cccc1CNc1ccccc1SC(F)(F)F. The number of benzene rings is 1. The number of hydrogen-bond donors (Lipinski definition) is 1. The Labute approximate surface area is 120 Å². The Kier molecular flexibility index (Phi) is 4.65. The third-order valence-electron chi connectivity index (χ3n) is 2.84. The first-order valence-corrected chi connectivity index (χ1v) is 7.04. The fourth-order valence-electron chi connectivity index (χ4n) is 1.93. The smallest absolute Gasteiger partial charge is 0.379 e. The molecule has 0 saturated heterocycles. The van der Waals surface area contributed by atoms with E-state index in [-0.39, 0.29) is 16.7 Å². The molecule has 6 heteroatoms. The van der Waals surface area contributed by atoms with E-state index in [9.17, 15) is 13.2 Å². The van der Waals surface area contributed by atoms with Crippen LogP contribution >= 0.6 is 11.8 Å². The van der Waals surface area contributed by atoms with Gasteiger partial charge in [-0.3, -0.25) is 0 Å². The maximum Gasteiger partial charge on any atom is 0.446 e. The Morgan fingerprint density at radius 1 is 1.15 bits per heavy atom. The third kappa shape index (κ3) is 3.96. The maximum atomic E-state index is 12.5. The van der Waals surface area contributed by atoms with Gasteiger partial charge in [-0.05, 0) is 43.0 Å². The molecule has 108 valence electrons. The zero-order valence-electron chi connectivity index (χ0n) is 10.9. The van der Waals surface area contributed by atoms with Crippen molar-refractivity contribution >= 4 is 17.4 Å².